The van der Waals surface area contributed by atoms with E-state index in [1.54, 1.807) is 30.1 Å². The normalized spacial score (nSPS) is 23.4. The summed E-state index contributed by atoms with van der Waals surface area (Å²) < 4.78 is 32.2. The van der Waals surface area contributed by atoms with Gasteiger partial charge in [0.15, 0.2) is 0 Å². The molecule has 1 aromatic carbocycles. The van der Waals surface area contributed by atoms with Crippen LogP contribution in [0, 0.1) is 0 Å². The number of morpholine rings is 1. The number of hydrogen-bond acceptors (Lipinski definition) is 4. The van der Waals surface area contributed by atoms with Crippen molar-refractivity contribution in [1.82, 2.24) is 4.31 Å². The van der Waals surface area contributed by atoms with Gasteiger partial charge < -0.3 is 9.64 Å². The van der Waals surface area contributed by atoms with Crippen LogP contribution in [-0.4, -0.2) is 51.5 Å². The maximum Gasteiger partial charge on any atom is 0.243 e. The standard InChI is InChI=1S/C14H18N2O4S/c1-10-9-16(5-6-20-10)21(18,19)12-3-4-13-11(7-12)8-14(17)15(13)2/h3-4,7,10H,5-6,8-9H2,1-2H3/t10-/m1/s1. The Bertz CT molecular complexity index is 686. The number of sulfonamides is 1. The predicted molar refractivity (Wildman–Crippen MR) is 77.7 cm³/mol. The monoisotopic (exact) mass is 310 g/mol. The number of ether oxygens (including phenoxy) is 1. The zero-order valence-electron chi connectivity index (χ0n) is 12.1. The van der Waals surface area contributed by atoms with Gasteiger partial charge in [-0.1, -0.05) is 0 Å². The third-order valence-corrected chi connectivity index (χ3v) is 5.83. The van der Waals surface area contributed by atoms with E-state index in [0.29, 0.717) is 19.7 Å². The molecule has 0 aliphatic carbocycles. The second kappa shape index (κ2) is 5.08. The van der Waals surface area contributed by atoms with E-state index in [2.05, 4.69) is 0 Å². The van der Waals surface area contributed by atoms with Crippen LogP contribution in [0.1, 0.15) is 12.5 Å². The van der Waals surface area contributed by atoms with Gasteiger partial charge in [-0.3, -0.25) is 4.79 Å². The lowest BCUT2D eigenvalue weighted by atomic mass is 10.2. The van der Waals surface area contributed by atoms with Crippen molar-refractivity contribution in [2.45, 2.75) is 24.3 Å². The molecule has 1 atom stereocenters. The Hall–Kier alpha value is -1.44. The minimum absolute atomic E-state index is 0.0143. The van der Waals surface area contributed by atoms with Crippen LogP contribution in [0.15, 0.2) is 23.1 Å². The minimum Gasteiger partial charge on any atom is -0.376 e. The van der Waals surface area contributed by atoms with Crippen molar-refractivity contribution in [1.29, 1.82) is 0 Å². The Balaban J connectivity index is 1.94. The van der Waals surface area contributed by atoms with E-state index in [-0.39, 0.29) is 23.3 Å². The van der Waals surface area contributed by atoms with Crippen molar-refractivity contribution >= 4 is 21.6 Å². The van der Waals surface area contributed by atoms with Crippen LogP contribution in [-0.2, 0) is 26.0 Å². The fourth-order valence-corrected chi connectivity index (χ4v) is 4.31. The fraction of sp³-hybridized carbons (Fsp3) is 0.500. The van der Waals surface area contributed by atoms with Gasteiger partial charge in [0.05, 0.1) is 24.0 Å². The Morgan fingerprint density at radius 2 is 2.10 bits per heavy atom. The number of hydrogen-bond donors (Lipinski definition) is 0. The van der Waals surface area contributed by atoms with E-state index < -0.39 is 10.0 Å². The van der Waals surface area contributed by atoms with Gasteiger partial charge in [0, 0.05) is 25.8 Å². The Morgan fingerprint density at radius 3 is 2.81 bits per heavy atom. The first-order valence-corrected chi connectivity index (χ1v) is 8.35. The third-order valence-electron chi connectivity index (χ3n) is 3.97. The summed E-state index contributed by atoms with van der Waals surface area (Å²) >= 11 is 0. The maximum absolute atomic E-state index is 12.7. The van der Waals surface area contributed by atoms with E-state index in [4.69, 9.17) is 4.74 Å². The molecule has 0 aromatic heterocycles. The summed E-state index contributed by atoms with van der Waals surface area (Å²) in [6, 6.07) is 4.90. The topological polar surface area (TPSA) is 66.9 Å². The van der Waals surface area contributed by atoms with Crippen LogP contribution in [0.25, 0.3) is 0 Å². The highest BCUT2D eigenvalue weighted by atomic mass is 32.2. The Morgan fingerprint density at radius 1 is 1.33 bits per heavy atom. The highest BCUT2D eigenvalue weighted by Gasteiger charge is 2.31. The molecule has 0 unspecified atom stereocenters. The molecule has 0 N–H and O–H groups in total. The van der Waals surface area contributed by atoms with Crippen molar-refractivity contribution < 1.29 is 17.9 Å². The minimum atomic E-state index is -3.53. The molecule has 7 heteroatoms. The summed E-state index contributed by atoms with van der Waals surface area (Å²) in [5.41, 5.74) is 1.55. The molecule has 114 valence electrons. The van der Waals surface area contributed by atoms with Crippen LogP contribution in [0.3, 0.4) is 0 Å². The van der Waals surface area contributed by atoms with Crippen LogP contribution < -0.4 is 4.90 Å². The zero-order valence-corrected chi connectivity index (χ0v) is 12.9. The number of rotatable bonds is 2. The van der Waals surface area contributed by atoms with Gasteiger partial charge >= 0.3 is 0 Å². The average Bonchev–Trinajstić information content (AvgIpc) is 2.73. The second-order valence-electron chi connectivity index (χ2n) is 5.46. The first-order valence-electron chi connectivity index (χ1n) is 6.91. The van der Waals surface area contributed by atoms with Crippen LogP contribution in [0.4, 0.5) is 5.69 Å². The van der Waals surface area contributed by atoms with Crippen molar-refractivity contribution in [3.8, 4) is 0 Å². The fourth-order valence-electron chi connectivity index (χ4n) is 2.76. The van der Waals surface area contributed by atoms with Crippen molar-refractivity contribution in [2.75, 3.05) is 31.6 Å². The molecule has 1 saturated heterocycles. The molecule has 2 heterocycles. The van der Waals surface area contributed by atoms with Crippen LogP contribution in [0.2, 0.25) is 0 Å². The molecule has 6 nitrogen and oxygen atoms in total. The van der Waals surface area contributed by atoms with Gasteiger partial charge in [0.25, 0.3) is 0 Å². The van der Waals surface area contributed by atoms with Crippen LogP contribution in [0.5, 0.6) is 0 Å². The lowest BCUT2D eigenvalue weighted by molar-refractivity contribution is -0.117. The molecule has 0 spiro atoms. The average molecular weight is 310 g/mol. The van der Waals surface area contributed by atoms with E-state index in [0.717, 1.165) is 11.3 Å². The molecule has 0 radical (unpaired) electrons. The molecule has 2 aliphatic rings. The molecule has 2 aliphatic heterocycles. The van der Waals surface area contributed by atoms with Gasteiger partial charge in [-0.15, -0.1) is 0 Å². The van der Waals surface area contributed by atoms with E-state index in [1.807, 2.05) is 6.92 Å². The van der Waals surface area contributed by atoms with Gasteiger partial charge in [0.1, 0.15) is 0 Å². The third kappa shape index (κ3) is 2.45. The summed E-state index contributed by atoms with van der Waals surface area (Å²) in [7, 11) is -1.83. The highest BCUT2D eigenvalue weighted by molar-refractivity contribution is 7.89. The maximum atomic E-state index is 12.7. The van der Waals surface area contributed by atoms with E-state index in [9.17, 15) is 13.2 Å². The number of carbonyl (C=O) groups excluding carboxylic acids is 1. The SMILES string of the molecule is C[C@@H]1CN(S(=O)(=O)c2ccc3c(c2)CC(=O)N3C)CCO1. The predicted octanol–water partition coefficient (Wildman–Crippen LogP) is 0.615. The number of amides is 1. The Kier molecular flexibility index (Phi) is 3.51. The molecular formula is C14H18N2O4S. The van der Waals surface area contributed by atoms with Gasteiger partial charge in [-0.25, -0.2) is 8.42 Å². The first-order chi connectivity index (χ1) is 9.89. The molecule has 21 heavy (non-hydrogen) atoms. The van der Waals surface area contributed by atoms with Crippen molar-refractivity contribution in [3.63, 3.8) is 0 Å². The molecule has 0 saturated carbocycles. The Labute approximate surface area is 124 Å². The zero-order chi connectivity index (χ0) is 15.2. The quantitative estimate of drug-likeness (QED) is 0.803. The first kappa shape index (κ1) is 14.5. The van der Waals surface area contributed by atoms with Gasteiger partial charge in [-0.05, 0) is 30.7 Å². The smallest absolute Gasteiger partial charge is 0.243 e. The number of nitrogens with zero attached hydrogens (tertiary/aromatic N) is 2. The van der Waals surface area contributed by atoms with Crippen molar-refractivity contribution in [2.24, 2.45) is 0 Å². The van der Waals surface area contributed by atoms with E-state index in [1.165, 1.54) is 4.31 Å². The lowest BCUT2D eigenvalue weighted by Gasteiger charge is -2.30. The van der Waals surface area contributed by atoms with E-state index >= 15 is 0 Å². The molecule has 3 rings (SSSR count). The number of benzene rings is 1. The number of likely N-dealkylation sites (N-methyl/N-ethyl adjacent to an activating group) is 1. The molecule has 0 bridgehead atoms. The van der Waals surface area contributed by atoms with Gasteiger partial charge in [0.2, 0.25) is 15.9 Å². The summed E-state index contributed by atoms with van der Waals surface area (Å²) in [6.45, 7) is 2.99. The lowest BCUT2D eigenvalue weighted by Crippen LogP contribution is -2.44. The van der Waals surface area contributed by atoms with Crippen molar-refractivity contribution in [3.05, 3.63) is 23.8 Å². The number of carbonyl (C=O) groups is 1. The molecule has 1 amide bonds. The number of anilines is 1. The number of fused-ring (bicyclic) bond motifs is 1. The molecular weight excluding hydrogens is 292 g/mol. The molecule has 1 fully saturated rings. The summed E-state index contributed by atoms with van der Waals surface area (Å²) in [5, 5.41) is 0. The summed E-state index contributed by atoms with van der Waals surface area (Å²) in [4.78, 5) is 13.5. The largest absolute Gasteiger partial charge is 0.376 e. The summed E-state index contributed by atoms with van der Waals surface area (Å²) in [6.07, 6.45) is 0.157. The highest BCUT2D eigenvalue weighted by Crippen LogP contribution is 2.31. The molecule has 1 aromatic rings. The van der Waals surface area contributed by atoms with Crippen LogP contribution >= 0.6 is 0 Å². The van der Waals surface area contributed by atoms with Gasteiger partial charge in [-0.2, -0.15) is 4.31 Å². The second-order valence-corrected chi connectivity index (χ2v) is 7.40. The summed E-state index contributed by atoms with van der Waals surface area (Å²) in [5.74, 6) is -0.0143.